The van der Waals surface area contributed by atoms with Gasteiger partial charge in [0.15, 0.2) is 0 Å². The molecule has 1 aromatic rings. The molecular weight excluding hydrogens is 196 g/mol. The Balaban J connectivity index is 3.05. The van der Waals surface area contributed by atoms with E-state index in [4.69, 9.17) is 5.11 Å². The van der Waals surface area contributed by atoms with E-state index < -0.39 is 11.9 Å². The average molecular weight is 210 g/mol. The Bertz CT molecular complexity index is 339. The third kappa shape index (κ3) is 2.87. The molecule has 1 unspecified atom stereocenters. The summed E-state index contributed by atoms with van der Waals surface area (Å²) in [6, 6.07) is 3.91. The highest BCUT2D eigenvalue weighted by molar-refractivity contribution is 5.76. The van der Waals surface area contributed by atoms with Crippen LogP contribution in [0.2, 0.25) is 0 Å². The SMILES string of the molecule is CCCC(C(=O)O)c1cc(O)cc(O)c1. The molecule has 1 atom stereocenters. The van der Waals surface area contributed by atoms with Crippen molar-refractivity contribution >= 4 is 5.97 Å². The lowest BCUT2D eigenvalue weighted by Gasteiger charge is -2.12. The predicted molar refractivity (Wildman–Crippen MR) is 55.1 cm³/mol. The topological polar surface area (TPSA) is 77.8 Å². The van der Waals surface area contributed by atoms with Gasteiger partial charge in [-0.25, -0.2) is 0 Å². The Morgan fingerprint density at radius 3 is 2.20 bits per heavy atom. The molecule has 1 rings (SSSR count). The van der Waals surface area contributed by atoms with Crippen LogP contribution in [0.1, 0.15) is 31.2 Å². The molecule has 15 heavy (non-hydrogen) atoms. The smallest absolute Gasteiger partial charge is 0.310 e. The van der Waals surface area contributed by atoms with Crippen LogP contribution in [0, 0.1) is 0 Å². The molecule has 0 fully saturated rings. The summed E-state index contributed by atoms with van der Waals surface area (Å²) >= 11 is 0. The highest BCUT2D eigenvalue weighted by Gasteiger charge is 2.19. The summed E-state index contributed by atoms with van der Waals surface area (Å²) in [4.78, 5) is 10.9. The van der Waals surface area contributed by atoms with Crippen LogP contribution in [-0.4, -0.2) is 21.3 Å². The van der Waals surface area contributed by atoms with E-state index in [2.05, 4.69) is 0 Å². The summed E-state index contributed by atoms with van der Waals surface area (Å²) in [7, 11) is 0. The lowest BCUT2D eigenvalue weighted by molar-refractivity contribution is -0.139. The van der Waals surface area contributed by atoms with Crippen molar-refractivity contribution < 1.29 is 20.1 Å². The van der Waals surface area contributed by atoms with Crippen LogP contribution in [0.3, 0.4) is 0 Å². The molecule has 0 amide bonds. The van der Waals surface area contributed by atoms with Crippen molar-refractivity contribution in [3.05, 3.63) is 23.8 Å². The van der Waals surface area contributed by atoms with E-state index in [1.807, 2.05) is 6.92 Å². The van der Waals surface area contributed by atoms with Gasteiger partial charge in [-0.2, -0.15) is 0 Å². The van der Waals surface area contributed by atoms with Crippen LogP contribution in [0.15, 0.2) is 18.2 Å². The number of rotatable bonds is 4. The average Bonchev–Trinajstić information content (AvgIpc) is 2.11. The summed E-state index contributed by atoms with van der Waals surface area (Å²) in [5.41, 5.74) is 0.432. The van der Waals surface area contributed by atoms with Gasteiger partial charge in [0, 0.05) is 6.07 Å². The van der Waals surface area contributed by atoms with Gasteiger partial charge in [0.05, 0.1) is 5.92 Å². The Morgan fingerprint density at radius 1 is 1.27 bits per heavy atom. The van der Waals surface area contributed by atoms with Gasteiger partial charge >= 0.3 is 5.97 Å². The second kappa shape index (κ2) is 4.68. The van der Waals surface area contributed by atoms with Crippen LogP contribution in [0.5, 0.6) is 11.5 Å². The molecule has 4 heteroatoms. The predicted octanol–water partition coefficient (Wildman–Crippen LogP) is 2.07. The third-order valence-corrected chi connectivity index (χ3v) is 2.20. The van der Waals surface area contributed by atoms with Crippen LogP contribution in [0.4, 0.5) is 0 Å². The second-order valence-electron chi connectivity index (χ2n) is 3.46. The molecule has 82 valence electrons. The molecule has 0 spiro atoms. The largest absolute Gasteiger partial charge is 0.508 e. The number of carbonyl (C=O) groups is 1. The monoisotopic (exact) mass is 210 g/mol. The van der Waals surface area contributed by atoms with E-state index in [0.717, 1.165) is 6.42 Å². The molecule has 0 aliphatic rings. The van der Waals surface area contributed by atoms with Gasteiger partial charge in [-0.3, -0.25) is 4.79 Å². The Morgan fingerprint density at radius 2 is 1.80 bits per heavy atom. The maximum absolute atomic E-state index is 10.9. The van der Waals surface area contributed by atoms with Crippen molar-refractivity contribution in [3.8, 4) is 11.5 Å². The first-order chi connectivity index (χ1) is 7.04. The van der Waals surface area contributed by atoms with Crippen molar-refractivity contribution in [3.63, 3.8) is 0 Å². The molecule has 0 bridgehead atoms. The molecular formula is C11H14O4. The molecule has 0 saturated carbocycles. The molecule has 0 aromatic heterocycles. The van der Waals surface area contributed by atoms with Crippen LogP contribution < -0.4 is 0 Å². The molecule has 3 N–H and O–H groups in total. The van der Waals surface area contributed by atoms with Gasteiger partial charge in [0.1, 0.15) is 11.5 Å². The van der Waals surface area contributed by atoms with E-state index in [9.17, 15) is 15.0 Å². The zero-order valence-electron chi connectivity index (χ0n) is 8.47. The first kappa shape index (κ1) is 11.4. The van der Waals surface area contributed by atoms with Gasteiger partial charge in [-0.1, -0.05) is 13.3 Å². The summed E-state index contributed by atoms with van der Waals surface area (Å²) in [6.07, 6.45) is 1.21. The maximum Gasteiger partial charge on any atom is 0.310 e. The minimum atomic E-state index is -0.943. The minimum absolute atomic E-state index is 0.118. The fourth-order valence-corrected chi connectivity index (χ4v) is 1.54. The van der Waals surface area contributed by atoms with Crippen molar-refractivity contribution in [1.29, 1.82) is 0 Å². The van der Waals surface area contributed by atoms with E-state index in [-0.39, 0.29) is 11.5 Å². The highest BCUT2D eigenvalue weighted by Crippen LogP contribution is 2.28. The van der Waals surface area contributed by atoms with Gasteiger partial charge in [0.25, 0.3) is 0 Å². The number of phenols is 2. The molecule has 0 radical (unpaired) electrons. The Labute approximate surface area is 87.8 Å². The zero-order valence-corrected chi connectivity index (χ0v) is 8.47. The number of hydrogen-bond donors (Lipinski definition) is 3. The lowest BCUT2D eigenvalue weighted by Crippen LogP contribution is -2.11. The van der Waals surface area contributed by atoms with E-state index >= 15 is 0 Å². The van der Waals surface area contributed by atoms with Crippen LogP contribution in [-0.2, 0) is 4.79 Å². The quantitative estimate of drug-likeness (QED) is 0.710. The number of aromatic hydroxyl groups is 2. The van der Waals surface area contributed by atoms with Crippen molar-refractivity contribution in [2.75, 3.05) is 0 Å². The summed E-state index contributed by atoms with van der Waals surface area (Å²) < 4.78 is 0. The van der Waals surface area contributed by atoms with Gasteiger partial charge in [-0.05, 0) is 24.1 Å². The number of aliphatic carboxylic acids is 1. The molecule has 4 nitrogen and oxygen atoms in total. The highest BCUT2D eigenvalue weighted by atomic mass is 16.4. The van der Waals surface area contributed by atoms with Crippen molar-refractivity contribution in [2.45, 2.75) is 25.7 Å². The molecule has 1 aromatic carbocycles. The molecule has 0 aliphatic carbocycles. The molecule has 0 saturated heterocycles. The first-order valence-corrected chi connectivity index (χ1v) is 4.80. The third-order valence-electron chi connectivity index (χ3n) is 2.20. The van der Waals surface area contributed by atoms with Crippen molar-refractivity contribution in [2.24, 2.45) is 0 Å². The van der Waals surface area contributed by atoms with Gasteiger partial charge in [-0.15, -0.1) is 0 Å². The summed E-state index contributed by atoms with van der Waals surface area (Å²) in [5, 5.41) is 27.5. The first-order valence-electron chi connectivity index (χ1n) is 4.80. The second-order valence-corrected chi connectivity index (χ2v) is 3.46. The number of phenolic OH excluding ortho intramolecular Hbond substituents is 2. The minimum Gasteiger partial charge on any atom is -0.508 e. The zero-order chi connectivity index (χ0) is 11.4. The maximum atomic E-state index is 10.9. The summed E-state index contributed by atoms with van der Waals surface area (Å²) in [5.74, 6) is -1.85. The van der Waals surface area contributed by atoms with Gasteiger partial charge < -0.3 is 15.3 Å². The van der Waals surface area contributed by atoms with Crippen molar-refractivity contribution in [1.82, 2.24) is 0 Å². The lowest BCUT2D eigenvalue weighted by atomic mass is 9.94. The number of carboxylic acid groups (broad SMARTS) is 1. The number of hydrogen-bond acceptors (Lipinski definition) is 3. The van der Waals surface area contributed by atoms with E-state index in [1.54, 1.807) is 0 Å². The van der Waals surface area contributed by atoms with Crippen LogP contribution >= 0.6 is 0 Å². The fourth-order valence-electron chi connectivity index (χ4n) is 1.54. The number of carboxylic acids is 1. The standard InChI is InChI=1S/C11H14O4/c1-2-3-10(11(14)15)7-4-8(12)6-9(13)5-7/h4-6,10,12-13H,2-3H2,1H3,(H,14,15). The molecule has 0 heterocycles. The van der Waals surface area contributed by atoms with E-state index in [1.165, 1.54) is 18.2 Å². The normalized spacial score (nSPS) is 12.3. The van der Waals surface area contributed by atoms with E-state index in [0.29, 0.717) is 12.0 Å². The summed E-state index contributed by atoms with van der Waals surface area (Å²) in [6.45, 7) is 1.89. The van der Waals surface area contributed by atoms with Gasteiger partial charge in [0.2, 0.25) is 0 Å². The fraction of sp³-hybridized carbons (Fsp3) is 0.364. The Kier molecular flexibility index (Phi) is 3.55. The van der Waals surface area contributed by atoms with Crippen LogP contribution in [0.25, 0.3) is 0 Å². The Hall–Kier alpha value is -1.71. The number of benzene rings is 1. The molecule has 0 aliphatic heterocycles.